The van der Waals surface area contributed by atoms with Gasteiger partial charge in [-0.2, -0.15) is 0 Å². The van der Waals surface area contributed by atoms with Gasteiger partial charge in [0.1, 0.15) is 0 Å². The number of benzene rings is 2. The highest BCUT2D eigenvalue weighted by Crippen LogP contribution is 2.21. The first kappa shape index (κ1) is 13.1. The molecule has 0 aliphatic heterocycles. The van der Waals surface area contributed by atoms with Crippen LogP contribution >= 0.6 is 27.5 Å². The molecule has 92 valence electrons. The maximum atomic E-state index is 12.1. The minimum Gasteiger partial charge on any atom is -0.322 e. The number of hydrogen-bond acceptors (Lipinski definition) is 1. The van der Waals surface area contributed by atoms with E-state index in [1.807, 2.05) is 19.1 Å². The molecule has 0 aliphatic rings. The zero-order valence-electron chi connectivity index (χ0n) is 9.71. The normalized spacial score (nSPS) is 10.2. The van der Waals surface area contributed by atoms with Gasteiger partial charge in [0.2, 0.25) is 0 Å². The number of anilines is 1. The Morgan fingerprint density at radius 3 is 2.67 bits per heavy atom. The molecular formula is C14H11BrClNO. The van der Waals surface area contributed by atoms with Crippen LogP contribution in [0.15, 0.2) is 46.9 Å². The van der Waals surface area contributed by atoms with Crippen LogP contribution in [0, 0.1) is 6.92 Å². The number of carbonyl (C=O) groups is 1. The summed E-state index contributed by atoms with van der Waals surface area (Å²) in [6.45, 7) is 1.90. The molecule has 0 aliphatic carbocycles. The van der Waals surface area contributed by atoms with E-state index in [0.29, 0.717) is 16.3 Å². The van der Waals surface area contributed by atoms with Crippen LogP contribution in [0.25, 0.3) is 0 Å². The lowest BCUT2D eigenvalue weighted by molar-refractivity contribution is 0.102. The molecular weight excluding hydrogens is 314 g/mol. The molecule has 4 heteroatoms. The highest BCUT2D eigenvalue weighted by molar-refractivity contribution is 9.10. The topological polar surface area (TPSA) is 29.1 Å². The third-order valence-corrected chi connectivity index (χ3v) is 3.69. The number of carbonyl (C=O) groups excluding carboxylic acids is 1. The number of amides is 1. The lowest BCUT2D eigenvalue weighted by atomic mass is 10.1. The predicted molar refractivity (Wildman–Crippen MR) is 78.3 cm³/mol. The molecule has 0 heterocycles. The Hall–Kier alpha value is -1.32. The number of hydrogen-bond donors (Lipinski definition) is 1. The molecule has 0 bridgehead atoms. The van der Waals surface area contributed by atoms with Crippen molar-refractivity contribution in [3.8, 4) is 0 Å². The maximum Gasteiger partial charge on any atom is 0.255 e. The van der Waals surface area contributed by atoms with Crippen LogP contribution in [-0.4, -0.2) is 5.91 Å². The summed E-state index contributed by atoms with van der Waals surface area (Å²) in [5, 5.41) is 3.42. The number of nitrogens with one attached hydrogen (secondary N) is 1. The molecule has 0 fully saturated rings. The quantitative estimate of drug-likeness (QED) is 0.855. The Morgan fingerprint density at radius 2 is 1.94 bits per heavy atom. The molecule has 18 heavy (non-hydrogen) atoms. The summed E-state index contributed by atoms with van der Waals surface area (Å²) in [6.07, 6.45) is 0. The van der Waals surface area contributed by atoms with E-state index in [1.54, 1.807) is 30.3 Å². The fraction of sp³-hybridized carbons (Fsp3) is 0.0714. The summed E-state index contributed by atoms with van der Waals surface area (Å²) in [6, 6.07) is 12.6. The van der Waals surface area contributed by atoms with Gasteiger partial charge in [0.05, 0.1) is 0 Å². The lowest BCUT2D eigenvalue weighted by Gasteiger charge is -2.09. The van der Waals surface area contributed by atoms with E-state index in [0.717, 1.165) is 10.0 Å². The Bertz CT molecular complexity index is 598. The van der Waals surface area contributed by atoms with Gasteiger partial charge in [-0.1, -0.05) is 39.7 Å². The molecule has 0 aromatic heterocycles. The summed E-state index contributed by atoms with van der Waals surface area (Å²) < 4.78 is 0.918. The first-order chi connectivity index (χ1) is 8.58. The fourth-order valence-corrected chi connectivity index (χ4v) is 2.17. The smallest absolute Gasteiger partial charge is 0.255 e. The van der Waals surface area contributed by atoms with Crippen LogP contribution in [-0.2, 0) is 0 Å². The minimum atomic E-state index is -0.143. The lowest BCUT2D eigenvalue weighted by Crippen LogP contribution is -2.13. The summed E-state index contributed by atoms with van der Waals surface area (Å²) in [5.41, 5.74) is 2.24. The Balaban J connectivity index is 2.25. The average Bonchev–Trinajstić information content (AvgIpc) is 2.32. The maximum absolute atomic E-state index is 12.1. The van der Waals surface area contributed by atoms with Gasteiger partial charge in [-0.05, 0) is 42.8 Å². The van der Waals surface area contributed by atoms with Crippen molar-refractivity contribution in [2.45, 2.75) is 6.92 Å². The standard InChI is InChI=1S/C14H11BrClNO/c1-9-12(6-3-7-13(9)15)14(18)17-11-5-2-4-10(16)8-11/h2-8H,1H3,(H,17,18). The molecule has 0 unspecified atom stereocenters. The van der Waals surface area contributed by atoms with Crippen LogP contribution < -0.4 is 5.32 Å². The molecule has 1 N–H and O–H groups in total. The average molecular weight is 325 g/mol. The highest BCUT2D eigenvalue weighted by atomic mass is 79.9. The zero-order chi connectivity index (χ0) is 13.1. The third kappa shape index (κ3) is 2.92. The second kappa shape index (κ2) is 5.55. The van der Waals surface area contributed by atoms with Crippen LogP contribution in [0.2, 0.25) is 5.02 Å². The first-order valence-corrected chi connectivity index (χ1v) is 6.57. The van der Waals surface area contributed by atoms with E-state index in [4.69, 9.17) is 11.6 Å². The van der Waals surface area contributed by atoms with Gasteiger partial charge in [-0.3, -0.25) is 4.79 Å². The van der Waals surface area contributed by atoms with Crippen molar-refractivity contribution in [1.29, 1.82) is 0 Å². The van der Waals surface area contributed by atoms with Gasteiger partial charge in [0.25, 0.3) is 5.91 Å². The summed E-state index contributed by atoms with van der Waals surface area (Å²) in [5.74, 6) is -0.143. The zero-order valence-corrected chi connectivity index (χ0v) is 12.0. The second-order valence-electron chi connectivity index (χ2n) is 3.88. The first-order valence-electron chi connectivity index (χ1n) is 5.40. The third-order valence-electron chi connectivity index (χ3n) is 2.59. The molecule has 0 saturated carbocycles. The molecule has 0 saturated heterocycles. The minimum absolute atomic E-state index is 0.143. The van der Waals surface area contributed by atoms with Crippen molar-refractivity contribution in [3.05, 3.63) is 63.1 Å². The highest BCUT2D eigenvalue weighted by Gasteiger charge is 2.10. The fourth-order valence-electron chi connectivity index (χ4n) is 1.62. The summed E-state index contributed by atoms with van der Waals surface area (Å²) in [4.78, 5) is 12.1. The van der Waals surface area contributed by atoms with Gasteiger partial charge in [0.15, 0.2) is 0 Å². The van der Waals surface area contributed by atoms with Crippen LogP contribution in [0.3, 0.4) is 0 Å². The number of rotatable bonds is 2. The van der Waals surface area contributed by atoms with Gasteiger partial charge in [-0.25, -0.2) is 0 Å². The Kier molecular flexibility index (Phi) is 4.04. The van der Waals surface area contributed by atoms with Crippen molar-refractivity contribution in [3.63, 3.8) is 0 Å². The molecule has 2 aromatic rings. The van der Waals surface area contributed by atoms with Gasteiger partial charge >= 0.3 is 0 Å². The number of halogens is 2. The summed E-state index contributed by atoms with van der Waals surface area (Å²) >= 11 is 9.28. The molecule has 0 spiro atoms. The molecule has 1 amide bonds. The van der Waals surface area contributed by atoms with Crippen molar-refractivity contribution in [2.75, 3.05) is 5.32 Å². The molecule has 2 nitrogen and oxygen atoms in total. The predicted octanol–water partition coefficient (Wildman–Crippen LogP) is 4.66. The monoisotopic (exact) mass is 323 g/mol. The van der Waals surface area contributed by atoms with Crippen LogP contribution in [0.5, 0.6) is 0 Å². The molecule has 0 atom stereocenters. The summed E-state index contributed by atoms with van der Waals surface area (Å²) in [7, 11) is 0. The SMILES string of the molecule is Cc1c(Br)cccc1C(=O)Nc1cccc(Cl)c1. The van der Waals surface area contributed by atoms with Gasteiger partial charge < -0.3 is 5.32 Å². The largest absolute Gasteiger partial charge is 0.322 e. The van der Waals surface area contributed by atoms with Crippen molar-refractivity contribution in [1.82, 2.24) is 0 Å². The van der Waals surface area contributed by atoms with Crippen molar-refractivity contribution in [2.24, 2.45) is 0 Å². The Morgan fingerprint density at radius 1 is 1.22 bits per heavy atom. The molecule has 2 rings (SSSR count). The van der Waals surface area contributed by atoms with Crippen molar-refractivity contribution >= 4 is 39.1 Å². The van der Waals surface area contributed by atoms with Gasteiger partial charge in [0, 0.05) is 20.7 Å². The Labute approximate surface area is 119 Å². The van der Waals surface area contributed by atoms with Crippen molar-refractivity contribution < 1.29 is 4.79 Å². The van der Waals surface area contributed by atoms with Crippen LogP contribution in [0.4, 0.5) is 5.69 Å². The van der Waals surface area contributed by atoms with E-state index in [9.17, 15) is 4.79 Å². The second-order valence-corrected chi connectivity index (χ2v) is 5.17. The van der Waals surface area contributed by atoms with Gasteiger partial charge in [-0.15, -0.1) is 0 Å². The van der Waals surface area contributed by atoms with Crippen LogP contribution in [0.1, 0.15) is 15.9 Å². The van der Waals surface area contributed by atoms with E-state index < -0.39 is 0 Å². The van der Waals surface area contributed by atoms with E-state index >= 15 is 0 Å². The van der Waals surface area contributed by atoms with E-state index in [-0.39, 0.29) is 5.91 Å². The van der Waals surface area contributed by atoms with E-state index in [2.05, 4.69) is 21.2 Å². The molecule has 0 radical (unpaired) electrons. The molecule has 2 aromatic carbocycles. The van der Waals surface area contributed by atoms with E-state index in [1.165, 1.54) is 0 Å².